The molecule has 0 unspecified atom stereocenters. The minimum Gasteiger partial charge on any atom is -0.382 e. The highest BCUT2D eigenvalue weighted by atomic mass is 32.3. The molecule has 0 aliphatic carbocycles. The molecule has 0 saturated heterocycles. The smallest absolute Gasteiger partial charge is 0.327 e. The van der Waals surface area contributed by atoms with E-state index in [0.717, 1.165) is 0 Å². The highest BCUT2D eigenvalue weighted by molar-refractivity contribution is 8.04. The second kappa shape index (κ2) is 7.21. The van der Waals surface area contributed by atoms with Gasteiger partial charge >= 0.3 is 20.2 Å². The average Bonchev–Trinajstić information content (AvgIpc) is 2.54. The van der Waals surface area contributed by atoms with Gasteiger partial charge in [0.25, 0.3) is 0 Å². The molecule has 2 aromatic rings. The lowest BCUT2D eigenvalue weighted by molar-refractivity contribution is 0.475. The van der Waals surface area contributed by atoms with Crippen LogP contribution in [0.1, 0.15) is 11.1 Å². The van der Waals surface area contributed by atoms with Gasteiger partial charge in [0.15, 0.2) is 0 Å². The Balaban J connectivity index is 2.09. The van der Waals surface area contributed by atoms with E-state index < -0.39 is 25.3 Å². The van der Waals surface area contributed by atoms with E-state index in [1.54, 1.807) is 0 Å². The molecule has 128 valence electrons. The van der Waals surface area contributed by atoms with Crippen molar-refractivity contribution in [2.24, 2.45) is 0 Å². The Hall–Kier alpha value is -3.08. The van der Waals surface area contributed by atoms with Crippen LogP contribution < -0.4 is 8.37 Å². The Morgan fingerprint density at radius 2 is 1.00 bits per heavy atom. The van der Waals surface area contributed by atoms with E-state index >= 15 is 0 Å². The lowest BCUT2D eigenvalue weighted by atomic mass is 10.2. The summed E-state index contributed by atoms with van der Waals surface area (Å²) < 4.78 is 56.8. The van der Waals surface area contributed by atoms with E-state index in [2.05, 4.69) is 8.37 Å². The van der Waals surface area contributed by atoms with Gasteiger partial charge in [-0.25, -0.2) is 0 Å². The molecule has 0 fully saturated rings. The zero-order valence-corrected chi connectivity index (χ0v) is 14.1. The third-order valence-corrected chi connectivity index (χ3v) is 5.90. The Bertz CT molecular complexity index is 957. The van der Waals surface area contributed by atoms with Crippen LogP contribution in [0, 0.1) is 22.7 Å². The van der Waals surface area contributed by atoms with Crippen LogP contribution in [0.4, 0.5) is 0 Å². The first-order chi connectivity index (χ1) is 11.7. The molecular weight excluding hydrogens is 368 g/mol. The maximum atomic E-state index is 11.9. The SMILES string of the molecule is N#Cc1ccc(OS(=O)(=O)CS(=O)(=O)Oc2ccc(C#N)cc2)cc1. The number of rotatable bonds is 6. The van der Waals surface area contributed by atoms with Crippen molar-refractivity contribution >= 4 is 20.2 Å². The van der Waals surface area contributed by atoms with Crippen molar-refractivity contribution in [3.8, 4) is 23.6 Å². The normalized spacial score (nSPS) is 11.1. The molecule has 0 aromatic heterocycles. The van der Waals surface area contributed by atoms with Crippen LogP contribution >= 0.6 is 0 Å². The quantitative estimate of drug-likeness (QED) is 0.690. The molecule has 0 aliphatic rings. The number of hydrogen-bond donors (Lipinski definition) is 0. The standard InChI is InChI=1S/C15H10N2O6S2/c16-9-12-1-5-14(6-2-12)22-24(18,19)11-25(20,21)23-15-7-3-13(10-17)4-8-15/h1-8H,11H2. The largest absolute Gasteiger partial charge is 0.382 e. The zero-order valence-electron chi connectivity index (χ0n) is 12.5. The fraction of sp³-hybridized carbons (Fsp3) is 0.0667. The van der Waals surface area contributed by atoms with Crippen molar-refractivity contribution in [3.63, 3.8) is 0 Å². The van der Waals surface area contributed by atoms with E-state index in [-0.39, 0.29) is 11.5 Å². The van der Waals surface area contributed by atoms with E-state index in [1.807, 2.05) is 12.1 Å². The van der Waals surface area contributed by atoms with Crippen molar-refractivity contribution < 1.29 is 25.2 Å². The topological polar surface area (TPSA) is 134 Å². The summed E-state index contributed by atoms with van der Waals surface area (Å²) in [5, 5.41) is 15.9. The van der Waals surface area contributed by atoms with Crippen molar-refractivity contribution in [3.05, 3.63) is 59.7 Å². The molecule has 0 atom stereocenters. The van der Waals surface area contributed by atoms with E-state index in [4.69, 9.17) is 10.5 Å². The third kappa shape index (κ3) is 5.49. The maximum absolute atomic E-state index is 11.9. The van der Waals surface area contributed by atoms with Crippen molar-refractivity contribution in [1.82, 2.24) is 0 Å². The Kier molecular flexibility index (Phi) is 5.27. The molecule has 0 amide bonds. The summed E-state index contributed by atoms with van der Waals surface area (Å²) in [6.07, 6.45) is 0. The fourth-order valence-corrected chi connectivity index (χ4v) is 4.30. The van der Waals surface area contributed by atoms with Gasteiger partial charge in [0, 0.05) is 0 Å². The fourth-order valence-electron chi connectivity index (χ4n) is 1.69. The predicted octanol–water partition coefficient (Wildman–Crippen LogP) is 1.50. The second-order valence-corrected chi connectivity index (χ2v) is 8.18. The monoisotopic (exact) mass is 378 g/mol. The molecular formula is C15H10N2O6S2. The molecule has 0 spiro atoms. The average molecular weight is 378 g/mol. The van der Waals surface area contributed by atoms with E-state index in [0.29, 0.717) is 11.1 Å². The molecule has 0 aliphatic heterocycles. The maximum Gasteiger partial charge on any atom is 0.327 e. The summed E-state index contributed by atoms with van der Waals surface area (Å²) in [6.45, 7) is 0. The summed E-state index contributed by atoms with van der Waals surface area (Å²) in [7, 11) is -8.99. The van der Waals surface area contributed by atoms with Gasteiger partial charge < -0.3 is 8.37 Å². The molecule has 0 saturated carbocycles. The van der Waals surface area contributed by atoms with Gasteiger partial charge in [-0.2, -0.15) is 27.4 Å². The minimum atomic E-state index is -4.49. The number of benzene rings is 2. The van der Waals surface area contributed by atoms with Crippen molar-refractivity contribution in [2.45, 2.75) is 0 Å². The van der Waals surface area contributed by atoms with Gasteiger partial charge in [-0.05, 0) is 48.5 Å². The van der Waals surface area contributed by atoms with Crippen molar-refractivity contribution in [1.29, 1.82) is 10.5 Å². The van der Waals surface area contributed by atoms with E-state index in [9.17, 15) is 16.8 Å². The number of nitriles is 2. The van der Waals surface area contributed by atoms with Crippen molar-refractivity contribution in [2.75, 3.05) is 5.08 Å². The van der Waals surface area contributed by atoms with E-state index in [1.165, 1.54) is 48.5 Å². The summed E-state index contributed by atoms with van der Waals surface area (Å²) in [6, 6.07) is 13.9. The first kappa shape index (κ1) is 18.3. The lowest BCUT2D eigenvalue weighted by Gasteiger charge is -2.09. The van der Waals surface area contributed by atoms with Gasteiger partial charge in [0.1, 0.15) is 11.5 Å². The Morgan fingerprint density at radius 3 is 1.28 bits per heavy atom. The molecule has 8 nitrogen and oxygen atoms in total. The molecule has 0 bridgehead atoms. The van der Waals surface area contributed by atoms with Crippen LogP contribution in [0.15, 0.2) is 48.5 Å². The van der Waals surface area contributed by atoms with Gasteiger partial charge in [0.05, 0.1) is 23.3 Å². The van der Waals surface area contributed by atoms with Gasteiger partial charge in [-0.3, -0.25) is 0 Å². The third-order valence-electron chi connectivity index (χ3n) is 2.70. The molecule has 2 rings (SSSR count). The van der Waals surface area contributed by atoms with Crippen LogP contribution in [-0.2, 0) is 20.2 Å². The van der Waals surface area contributed by atoms with Crippen LogP contribution in [-0.4, -0.2) is 21.9 Å². The summed E-state index contributed by atoms with van der Waals surface area (Å²) in [4.78, 5) is 0. The van der Waals surface area contributed by atoms with Crippen LogP contribution in [0.5, 0.6) is 11.5 Å². The van der Waals surface area contributed by atoms with Gasteiger partial charge in [0.2, 0.25) is 5.08 Å². The first-order valence-electron chi connectivity index (χ1n) is 6.58. The zero-order chi connectivity index (χ0) is 18.5. The Morgan fingerprint density at radius 1 is 0.680 bits per heavy atom. The molecule has 25 heavy (non-hydrogen) atoms. The van der Waals surface area contributed by atoms with Gasteiger partial charge in [-0.15, -0.1) is 0 Å². The molecule has 0 radical (unpaired) electrons. The molecule has 2 aromatic carbocycles. The molecule has 10 heteroatoms. The number of nitrogens with zero attached hydrogens (tertiary/aromatic N) is 2. The highest BCUT2D eigenvalue weighted by Gasteiger charge is 2.26. The second-order valence-electron chi connectivity index (χ2n) is 4.67. The van der Waals surface area contributed by atoms with Crippen LogP contribution in [0.2, 0.25) is 0 Å². The van der Waals surface area contributed by atoms with Crippen LogP contribution in [0.3, 0.4) is 0 Å². The molecule has 0 heterocycles. The Labute approximate surface area is 144 Å². The summed E-state index contributed by atoms with van der Waals surface area (Å²) in [5.74, 6) is -0.264. The lowest BCUT2D eigenvalue weighted by Crippen LogP contribution is -2.24. The highest BCUT2D eigenvalue weighted by Crippen LogP contribution is 2.18. The van der Waals surface area contributed by atoms with Gasteiger partial charge in [-0.1, -0.05) is 0 Å². The molecule has 0 N–H and O–H groups in total. The van der Waals surface area contributed by atoms with Crippen LogP contribution in [0.25, 0.3) is 0 Å². The summed E-state index contributed by atoms with van der Waals surface area (Å²) in [5.41, 5.74) is 0.586. The predicted molar refractivity (Wildman–Crippen MR) is 86.3 cm³/mol. The summed E-state index contributed by atoms with van der Waals surface area (Å²) >= 11 is 0. The number of hydrogen-bond acceptors (Lipinski definition) is 8. The first-order valence-corrected chi connectivity index (χ1v) is 9.73. The minimum absolute atomic E-state index is 0.132.